The Morgan fingerprint density at radius 1 is 1.11 bits per heavy atom. The number of aromatic nitrogens is 1. The molecule has 0 atom stereocenters. The maximum atomic E-state index is 12.2. The van der Waals surface area contributed by atoms with Gasteiger partial charge in [-0.25, -0.2) is 4.99 Å². The summed E-state index contributed by atoms with van der Waals surface area (Å²) in [5.74, 6) is 0.0870. The van der Waals surface area contributed by atoms with Crippen LogP contribution in [0.2, 0.25) is 0 Å². The maximum Gasteiger partial charge on any atom is 0.387 e. The largest absolute Gasteiger partial charge is 0.435 e. The monoisotopic (exact) mass is 520 g/mol. The molecule has 0 aliphatic rings. The molecule has 0 saturated heterocycles. The third-order valence-corrected chi connectivity index (χ3v) is 4.94. The van der Waals surface area contributed by atoms with Gasteiger partial charge >= 0.3 is 6.61 Å². The van der Waals surface area contributed by atoms with E-state index in [4.69, 9.17) is 0 Å². The van der Waals surface area contributed by atoms with Crippen molar-refractivity contribution in [2.24, 2.45) is 4.99 Å². The van der Waals surface area contributed by atoms with Crippen molar-refractivity contribution in [3.8, 4) is 17.0 Å². The number of alkyl halides is 2. The summed E-state index contributed by atoms with van der Waals surface area (Å²) < 4.78 is 31.7. The standard InChI is InChI=1S/C18H15BrF2N2O2S.BrH/c19-13-3-1-12(2-4-13)16-11-26-18(23(16)9-10-24)22-14-5-7-15(8-6-14)25-17(20)21;/h1-8,11,17,24H,9-10H2;1H. The summed E-state index contributed by atoms with van der Waals surface area (Å²) in [4.78, 5) is 5.27. The zero-order valence-corrected chi connectivity index (χ0v) is 18.0. The molecule has 0 saturated carbocycles. The summed E-state index contributed by atoms with van der Waals surface area (Å²) in [7, 11) is 0. The molecule has 0 unspecified atom stereocenters. The molecule has 0 bridgehead atoms. The molecule has 1 aromatic heterocycles. The fraction of sp³-hybridized carbons (Fsp3) is 0.167. The highest BCUT2D eigenvalue weighted by Crippen LogP contribution is 2.24. The van der Waals surface area contributed by atoms with Gasteiger partial charge in [-0.2, -0.15) is 8.78 Å². The molecule has 27 heavy (non-hydrogen) atoms. The summed E-state index contributed by atoms with van der Waals surface area (Å²) >= 11 is 4.86. The minimum Gasteiger partial charge on any atom is -0.435 e. The van der Waals surface area contributed by atoms with Gasteiger partial charge in [0.1, 0.15) is 5.75 Å². The lowest BCUT2D eigenvalue weighted by Crippen LogP contribution is -2.17. The van der Waals surface area contributed by atoms with Crippen molar-refractivity contribution in [1.82, 2.24) is 4.57 Å². The van der Waals surface area contributed by atoms with Crippen molar-refractivity contribution in [3.05, 3.63) is 63.2 Å². The van der Waals surface area contributed by atoms with Gasteiger partial charge in [-0.05, 0) is 42.0 Å². The number of thiazole rings is 1. The highest BCUT2D eigenvalue weighted by molar-refractivity contribution is 9.10. The molecule has 4 nitrogen and oxygen atoms in total. The Morgan fingerprint density at radius 2 is 1.78 bits per heavy atom. The summed E-state index contributed by atoms with van der Waals surface area (Å²) in [5, 5.41) is 11.4. The van der Waals surface area contributed by atoms with Crippen LogP contribution in [0.5, 0.6) is 5.75 Å². The second-order valence-corrected chi connectivity index (χ2v) is 7.02. The van der Waals surface area contributed by atoms with Crippen molar-refractivity contribution >= 4 is 49.9 Å². The molecule has 3 aromatic rings. The topological polar surface area (TPSA) is 46.8 Å². The van der Waals surface area contributed by atoms with Crippen LogP contribution in [0.4, 0.5) is 14.5 Å². The Hall–Kier alpha value is -1.55. The summed E-state index contributed by atoms with van der Waals surface area (Å²) in [6.07, 6.45) is 0. The van der Waals surface area contributed by atoms with Crippen LogP contribution in [0.25, 0.3) is 11.3 Å². The quantitative estimate of drug-likeness (QED) is 0.473. The maximum absolute atomic E-state index is 12.2. The van der Waals surface area contributed by atoms with Crippen molar-refractivity contribution in [3.63, 3.8) is 0 Å². The van der Waals surface area contributed by atoms with Crippen LogP contribution in [-0.2, 0) is 6.54 Å². The normalized spacial score (nSPS) is 11.5. The Morgan fingerprint density at radius 3 is 2.37 bits per heavy atom. The van der Waals surface area contributed by atoms with Gasteiger partial charge in [-0.3, -0.25) is 0 Å². The SMILES string of the molecule is Br.OCCn1c(-c2ccc(Br)cc2)csc1=Nc1ccc(OC(F)F)cc1. The highest BCUT2D eigenvalue weighted by Gasteiger charge is 2.08. The summed E-state index contributed by atoms with van der Waals surface area (Å²) in [6, 6.07) is 14.0. The molecule has 0 radical (unpaired) electrons. The van der Waals surface area contributed by atoms with E-state index in [-0.39, 0.29) is 29.3 Å². The van der Waals surface area contributed by atoms with E-state index in [1.807, 2.05) is 34.2 Å². The lowest BCUT2D eigenvalue weighted by molar-refractivity contribution is -0.0498. The number of halogens is 4. The Kier molecular flexibility index (Phi) is 8.15. The zero-order valence-electron chi connectivity index (χ0n) is 13.9. The van der Waals surface area contributed by atoms with Gasteiger partial charge in [-0.15, -0.1) is 28.3 Å². The first kappa shape index (κ1) is 21.7. The minimum absolute atomic E-state index is 0. The van der Waals surface area contributed by atoms with Gasteiger partial charge < -0.3 is 14.4 Å². The molecule has 1 heterocycles. The summed E-state index contributed by atoms with van der Waals surface area (Å²) in [6.45, 7) is -2.47. The van der Waals surface area contributed by atoms with Crippen molar-refractivity contribution in [2.45, 2.75) is 13.2 Å². The predicted molar refractivity (Wildman–Crippen MR) is 111 cm³/mol. The first-order chi connectivity index (χ1) is 12.6. The molecule has 1 N–H and O–H groups in total. The smallest absolute Gasteiger partial charge is 0.387 e. The Labute approximate surface area is 177 Å². The second kappa shape index (κ2) is 10.1. The zero-order chi connectivity index (χ0) is 18.5. The van der Waals surface area contributed by atoms with Crippen molar-refractivity contribution in [1.29, 1.82) is 0 Å². The number of rotatable bonds is 6. The molecule has 144 valence electrons. The minimum atomic E-state index is -2.85. The number of aliphatic hydroxyl groups is 1. The van der Waals surface area contributed by atoms with Crippen LogP contribution >= 0.6 is 44.2 Å². The van der Waals surface area contributed by atoms with E-state index in [0.29, 0.717) is 17.0 Å². The van der Waals surface area contributed by atoms with E-state index >= 15 is 0 Å². The van der Waals surface area contributed by atoms with E-state index < -0.39 is 6.61 Å². The molecule has 0 fully saturated rings. The molecular weight excluding hydrogens is 506 g/mol. The van der Waals surface area contributed by atoms with Crippen LogP contribution in [0.3, 0.4) is 0 Å². The van der Waals surface area contributed by atoms with Crippen LogP contribution in [0.1, 0.15) is 0 Å². The fourth-order valence-electron chi connectivity index (χ4n) is 2.40. The fourth-order valence-corrected chi connectivity index (χ4v) is 3.62. The lowest BCUT2D eigenvalue weighted by Gasteiger charge is -2.08. The molecule has 9 heteroatoms. The van der Waals surface area contributed by atoms with Crippen LogP contribution in [0, 0.1) is 0 Å². The Bertz CT molecular complexity index is 926. The number of hydrogen-bond acceptors (Lipinski definition) is 4. The molecule has 0 aliphatic heterocycles. The third-order valence-electron chi connectivity index (χ3n) is 3.55. The molecule has 0 spiro atoms. The third kappa shape index (κ3) is 5.71. The lowest BCUT2D eigenvalue weighted by atomic mass is 10.2. The first-order valence-electron chi connectivity index (χ1n) is 7.71. The number of benzene rings is 2. The van der Waals surface area contributed by atoms with Crippen LogP contribution in [0.15, 0.2) is 63.4 Å². The number of ether oxygens (including phenoxy) is 1. The summed E-state index contributed by atoms with van der Waals surface area (Å²) in [5.41, 5.74) is 2.58. The number of aliphatic hydroxyl groups excluding tert-OH is 1. The van der Waals surface area contributed by atoms with Crippen LogP contribution in [-0.4, -0.2) is 22.9 Å². The van der Waals surface area contributed by atoms with E-state index in [1.54, 1.807) is 12.1 Å². The van der Waals surface area contributed by atoms with Gasteiger partial charge in [0.25, 0.3) is 0 Å². The van der Waals surface area contributed by atoms with E-state index in [9.17, 15) is 13.9 Å². The van der Waals surface area contributed by atoms with E-state index in [2.05, 4.69) is 25.7 Å². The van der Waals surface area contributed by atoms with Gasteiger partial charge in [0.15, 0.2) is 4.80 Å². The van der Waals surface area contributed by atoms with Crippen LogP contribution < -0.4 is 9.54 Å². The molecule has 3 rings (SSSR count). The average molecular weight is 522 g/mol. The number of nitrogens with zero attached hydrogens (tertiary/aromatic N) is 2. The highest BCUT2D eigenvalue weighted by atomic mass is 79.9. The predicted octanol–water partition coefficient (Wildman–Crippen LogP) is 5.38. The van der Waals surface area contributed by atoms with Gasteiger partial charge in [-0.1, -0.05) is 28.1 Å². The number of hydrogen-bond donors (Lipinski definition) is 1. The van der Waals surface area contributed by atoms with Crippen molar-refractivity contribution < 1.29 is 18.6 Å². The average Bonchev–Trinajstić information content (AvgIpc) is 3.00. The van der Waals surface area contributed by atoms with E-state index in [1.165, 1.54) is 23.5 Å². The van der Waals surface area contributed by atoms with Gasteiger partial charge in [0, 0.05) is 16.4 Å². The molecule has 0 aliphatic carbocycles. The Balaban J connectivity index is 0.00000261. The van der Waals surface area contributed by atoms with Crippen molar-refractivity contribution in [2.75, 3.05) is 6.61 Å². The molecule has 0 amide bonds. The van der Waals surface area contributed by atoms with E-state index in [0.717, 1.165) is 15.7 Å². The molecule has 2 aromatic carbocycles. The molecular formula is C18H16Br2F2N2O2S. The van der Waals surface area contributed by atoms with Gasteiger partial charge in [0.05, 0.1) is 18.0 Å². The second-order valence-electron chi connectivity index (χ2n) is 5.27. The first-order valence-corrected chi connectivity index (χ1v) is 9.39. The van der Waals surface area contributed by atoms with Gasteiger partial charge in [0.2, 0.25) is 0 Å².